The van der Waals surface area contributed by atoms with Crippen LogP contribution in [0.4, 0.5) is 4.79 Å². The molecule has 4 heteroatoms. The smallest absolute Gasteiger partial charge is 0.410 e. The Balaban J connectivity index is 2.06. The Hall–Kier alpha value is -0.770. The highest BCUT2D eigenvalue weighted by Crippen LogP contribution is 2.52. The van der Waals surface area contributed by atoms with E-state index in [2.05, 4.69) is 0 Å². The zero-order chi connectivity index (χ0) is 13.4. The second-order valence-corrected chi connectivity index (χ2v) is 6.71. The number of aliphatic hydroxyl groups excluding tert-OH is 1. The van der Waals surface area contributed by atoms with Gasteiger partial charge in [-0.2, -0.15) is 0 Å². The summed E-state index contributed by atoms with van der Waals surface area (Å²) in [7, 11) is 0. The number of hydrogen-bond acceptors (Lipinski definition) is 3. The maximum absolute atomic E-state index is 12.2. The third-order valence-corrected chi connectivity index (χ3v) is 4.04. The van der Waals surface area contributed by atoms with Crippen LogP contribution in [0.2, 0.25) is 0 Å². The van der Waals surface area contributed by atoms with Crippen molar-refractivity contribution in [2.45, 2.75) is 64.5 Å². The fraction of sp³-hybridized carbons (Fsp3) is 0.929. The second-order valence-electron chi connectivity index (χ2n) is 6.71. The highest BCUT2D eigenvalue weighted by atomic mass is 16.6. The molecule has 0 aromatic carbocycles. The zero-order valence-electron chi connectivity index (χ0n) is 11.7. The lowest BCUT2D eigenvalue weighted by Crippen LogP contribution is -2.51. The Labute approximate surface area is 109 Å². The number of carbonyl (C=O) groups is 1. The van der Waals surface area contributed by atoms with Gasteiger partial charge in [-0.25, -0.2) is 4.79 Å². The predicted molar refractivity (Wildman–Crippen MR) is 69.3 cm³/mol. The minimum absolute atomic E-state index is 0.0304. The molecule has 0 aromatic heterocycles. The van der Waals surface area contributed by atoms with Crippen LogP contribution < -0.4 is 0 Å². The summed E-state index contributed by atoms with van der Waals surface area (Å²) < 4.78 is 5.48. The van der Waals surface area contributed by atoms with E-state index in [1.54, 1.807) is 0 Å². The average Bonchev–Trinajstić information content (AvgIpc) is 3.07. The molecule has 2 fully saturated rings. The molecule has 2 rings (SSSR count). The van der Waals surface area contributed by atoms with Gasteiger partial charge < -0.3 is 14.7 Å². The SMILES string of the molecule is CC(C)(C)OC(=O)N1CCCC[C@H]1C1(CO)CC1. The van der Waals surface area contributed by atoms with Crippen LogP contribution in [-0.4, -0.2) is 40.9 Å². The number of rotatable bonds is 2. The van der Waals surface area contributed by atoms with Crippen molar-refractivity contribution in [3.05, 3.63) is 0 Å². The summed E-state index contributed by atoms with van der Waals surface area (Å²) in [6.45, 7) is 6.63. The molecule has 2 aliphatic rings. The van der Waals surface area contributed by atoms with E-state index >= 15 is 0 Å². The van der Waals surface area contributed by atoms with Crippen LogP contribution in [0.1, 0.15) is 52.9 Å². The minimum atomic E-state index is -0.449. The molecule has 0 bridgehead atoms. The Morgan fingerprint density at radius 1 is 1.39 bits per heavy atom. The molecule has 0 unspecified atom stereocenters. The van der Waals surface area contributed by atoms with Crippen LogP contribution in [0, 0.1) is 5.41 Å². The van der Waals surface area contributed by atoms with Crippen molar-refractivity contribution >= 4 is 6.09 Å². The lowest BCUT2D eigenvalue weighted by Gasteiger charge is -2.40. The number of carbonyl (C=O) groups excluding carboxylic acids is 1. The van der Waals surface area contributed by atoms with E-state index < -0.39 is 5.60 Å². The van der Waals surface area contributed by atoms with Gasteiger partial charge in [-0.1, -0.05) is 0 Å². The van der Waals surface area contributed by atoms with Gasteiger partial charge in [0.25, 0.3) is 0 Å². The first-order chi connectivity index (χ1) is 8.38. The molecule has 1 aliphatic heterocycles. The van der Waals surface area contributed by atoms with Crippen LogP contribution in [0.15, 0.2) is 0 Å². The second kappa shape index (κ2) is 4.72. The standard InChI is InChI=1S/C14H25NO3/c1-13(2,3)18-12(17)15-9-5-4-6-11(15)14(10-16)7-8-14/h11,16H,4-10H2,1-3H3/t11-/m0/s1. The highest BCUT2D eigenvalue weighted by Gasteiger charge is 2.53. The predicted octanol–water partition coefficient (Wildman–Crippen LogP) is 2.55. The number of aliphatic hydroxyl groups is 1. The first kappa shape index (κ1) is 13.7. The van der Waals surface area contributed by atoms with Crippen molar-refractivity contribution in [3.63, 3.8) is 0 Å². The van der Waals surface area contributed by atoms with Crippen LogP contribution >= 0.6 is 0 Å². The molecule has 4 nitrogen and oxygen atoms in total. The number of amides is 1. The van der Waals surface area contributed by atoms with E-state index in [9.17, 15) is 9.90 Å². The lowest BCUT2D eigenvalue weighted by molar-refractivity contribution is -0.00770. The molecule has 1 aliphatic carbocycles. The van der Waals surface area contributed by atoms with E-state index in [1.807, 2.05) is 25.7 Å². The van der Waals surface area contributed by atoms with Gasteiger partial charge >= 0.3 is 6.09 Å². The summed E-state index contributed by atoms with van der Waals surface area (Å²) in [4.78, 5) is 14.1. The molecule has 0 aromatic rings. The summed E-state index contributed by atoms with van der Waals surface area (Å²) in [6, 6.07) is 0.172. The van der Waals surface area contributed by atoms with E-state index in [0.29, 0.717) is 0 Å². The number of nitrogens with zero attached hydrogens (tertiary/aromatic N) is 1. The van der Waals surface area contributed by atoms with Crippen LogP contribution in [0.5, 0.6) is 0 Å². The van der Waals surface area contributed by atoms with Crippen molar-refractivity contribution < 1.29 is 14.6 Å². The Kier molecular flexibility index (Phi) is 3.58. The fourth-order valence-corrected chi connectivity index (χ4v) is 2.86. The van der Waals surface area contributed by atoms with Crippen molar-refractivity contribution in [1.82, 2.24) is 4.90 Å². The molecule has 1 N–H and O–H groups in total. The van der Waals surface area contributed by atoms with Crippen LogP contribution in [0.25, 0.3) is 0 Å². The molecule has 1 atom stereocenters. The third kappa shape index (κ3) is 2.79. The van der Waals surface area contributed by atoms with Gasteiger partial charge in [0.2, 0.25) is 0 Å². The molecule has 0 radical (unpaired) electrons. The number of piperidine rings is 1. The Bertz CT molecular complexity index is 317. The normalized spacial score (nSPS) is 26.9. The first-order valence-corrected chi connectivity index (χ1v) is 6.98. The lowest BCUT2D eigenvalue weighted by atomic mass is 9.88. The summed E-state index contributed by atoms with van der Waals surface area (Å²) in [6.07, 6.45) is 5.04. The molecule has 104 valence electrons. The molecule has 1 heterocycles. The highest BCUT2D eigenvalue weighted by molar-refractivity contribution is 5.69. The monoisotopic (exact) mass is 255 g/mol. The Morgan fingerprint density at radius 3 is 2.56 bits per heavy atom. The van der Waals surface area contributed by atoms with E-state index in [4.69, 9.17) is 4.74 Å². The average molecular weight is 255 g/mol. The van der Waals surface area contributed by atoms with Crippen molar-refractivity contribution in [2.24, 2.45) is 5.41 Å². The van der Waals surface area contributed by atoms with E-state index in [1.165, 1.54) is 0 Å². The topological polar surface area (TPSA) is 49.8 Å². The minimum Gasteiger partial charge on any atom is -0.444 e. The molecular weight excluding hydrogens is 230 g/mol. The molecule has 1 saturated heterocycles. The Morgan fingerprint density at radius 2 is 2.06 bits per heavy atom. The number of hydrogen-bond donors (Lipinski definition) is 1. The van der Waals surface area contributed by atoms with Crippen molar-refractivity contribution in [3.8, 4) is 0 Å². The molecule has 18 heavy (non-hydrogen) atoms. The number of ether oxygens (including phenoxy) is 1. The summed E-state index contributed by atoms with van der Waals surface area (Å²) in [5.74, 6) is 0. The molecule has 1 amide bonds. The quantitative estimate of drug-likeness (QED) is 0.825. The largest absolute Gasteiger partial charge is 0.444 e. The van der Waals surface area contributed by atoms with Gasteiger partial charge in [0, 0.05) is 18.0 Å². The van der Waals surface area contributed by atoms with Crippen LogP contribution in [0.3, 0.4) is 0 Å². The van der Waals surface area contributed by atoms with Gasteiger partial charge in [-0.15, -0.1) is 0 Å². The molecule has 1 saturated carbocycles. The van der Waals surface area contributed by atoms with Gasteiger partial charge in [0.05, 0.1) is 6.61 Å². The third-order valence-electron chi connectivity index (χ3n) is 4.04. The summed E-state index contributed by atoms with van der Waals surface area (Å²) in [5, 5.41) is 9.56. The zero-order valence-corrected chi connectivity index (χ0v) is 11.7. The van der Waals surface area contributed by atoms with Gasteiger partial charge in [-0.3, -0.25) is 0 Å². The maximum atomic E-state index is 12.2. The van der Waals surface area contributed by atoms with E-state index in [-0.39, 0.29) is 24.2 Å². The molecular formula is C14H25NO3. The molecule has 0 spiro atoms. The van der Waals surface area contributed by atoms with Gasteiger partial charge in [0.15, 0.2) is 0 Å². The van der Waals surface area contributed by atoms with Crippen molar-refractivity contribution in [1.29, 1.82) is 0 Å². The van der Waals surface area contributed by atoms with Gasteiger partial charge in [0.1, 0.15) is 5.60 Å². The van der Waals surface area contributed by atoms with Crippen molar-refractivity contribution in [2.75, 3.05) is 13.2 Å². The van der Waals surface area contributed by atoms with E-state index in [0.717, 1.165) is 38.6 Å². The first-order valence-electron chi connectivity index (χ1n) is 6.98. The van der Waals surface area contributed by atoms with Crippen LogP contribution in [-0.2, 0) is 4.74 Å². The number of likely N-dealkylation sites (tertiary alicyclic amines) is 1. The maximum Gasteiger partial charge on any atom is 0.410 e. The summed E-state index contributed by atoms with van der Waals surface area (Å²) >= 11 is 0. The van der Waals surface area contributed by atoms with Gasteiger partial charge in [-0.05, 0) is 52.9 Å². The fourth-order valence-electron chi connectivity index (χ4n) is 2.86. The summed E-state index contributed by atoms with van der Waals surface area (Å²) in [5.41, 5.74) is -0.480.